The maximum Gasteiger partial charge on any atom is 0.224 e. The van der Waals surface area contributed by atoms with Crippen molar-refractivity contribution in [2.24, 2.45) is 114 Å². The molecule has 0 radical (unpaired) electrons. The van der Waals surface area contributed by atoms with E-state index in [4.69, 9.17) is 40.1 Å². The number of nitrogens with zero attached hydrogens (tertiary/aromatic N) is 6. The second-order valence-electron chi connectivity index (χ2n) is 38.1. The molecular weight excluding hydrogens is 1800 g/mol. The molecule has 0 unspecified atom stereocenters. The van der Waals surface area contributed by atoms with Crippen LogP contribution in [0.1, 0.15) is 298 Å². The van der Waals surface area contributed by atoms with E-state index in [0.717, 1.165) is 24.8 Å². The van der Waals surface area contributed by atoms with Crippen molar-refractivity contribution in [2.75, 3.05) is 26.2 Å². The van der Waals surface area contributed by atoms with E-state index in [1.54, 1.807) is 66.1 Å². The number of carbonyl (C=O) groups excluding carboxylic acids is 15. The van der Waals surface area contributed by atoms with Crippen molar-refractivity contribution in [1.29, 1.82) is 0 Å². The van der Waals surface area contributed by atoms with Gasteiger partial charge in [0.1, 0.15) is 11.8 Å². The van der Waals surface area contributed by atoms with Crippen LogP contribution in [0.4, 0.5) is 0 Å². The SMILES string of the molecule is CCCCCCCCCCCCCCCC(=O)N[C@@H](Cc1cnc[nH]1)C(=O)C[C@@H](C)C(=O)N[C@@H](C)C(=O)C[C@@H](Cc1cnc[nH]1)C(=O)N[C@@H](C)C(=O)CC.CC[C@H](C)[C@H](CC(=O)[C@H](CO)NC(=O)[C@@H](CC(=O)[C@H](CC(C)C)NC(=O)[C@H](CCCN=C(N)N)CC(=O)[C@H](CCCN=C(N)N)NC(=O)[C@@H](CC(=O)[C@H](CCCN=C(N)N)NC(=O)[C@@H](C)Cc1ccc(O)cc1)Cc1cnc[nH]1)CC(C)C)C(N)=O. The molecule has 3 heterocycles. The van der Waals surface area contributed by atoms with Crippen LogP contribution in [0.15, 0.2) is 76.8 Å². The van der Waals surface area contributed by atoms with Gasteiger partial charge >= 0.3 is 0 Å². The number of hydrogen-bond acceptors (Lipinski definition) is 23. The zero-order chi connectivity index (χ0) is 104. The number of carbonyl (C=O) groups is 15. The number of primary amides is 1. The molecular formula is C100H165N23O17. The summed E-state index contributed by atoms with van der Waals surface area (Å²) >= 11 is 0. The second kappa shape index (κ2) is 68.0. The molecule has 0 saturated heterocycles. The number of aliphatic hydroxyl groups is 1. The van der Waals surface area contributed by atoms with Gasteiger partial charge in [-0.25, -0.2) is 15.0 Å². The van der Waals surface area contributed by atoms with Gasteiger partial charge in [0.05, 0.1) is 73.7 Å². The van der Waals surface area contributed by atoms with Crippen molar-refractivity contribution >= 4 is 106 Å². The molecule has 140 heavy (non-hydrogen) atoms. The van der Waals surface area contributed by atoms with Gasteiger partial charge < -0.3 is 103 Å². The summed E-state index contributed by atoms with van der Waals surface area (Å²) in [5, 5.41) is 39.5. The average molecular weight is 1960 g/mol. The predicted octanol–water partition coefficient (Wildman–Crippen LogP) is 6.60. The van der Waals surface area contributed by atoms with Crippen LogP contribution in [-0.4, -0.2) is 214 Å². The number of rotatable bonds is 75. The summed E-state index contributed by atoms with van der Waals surface area (Å²) < 4.78 is 0. The smallest absolute Gasteiger partial charge is 0.224 e. The topological polar surface area (TPSA) is 686 Å². The molecule has 40 nitrogen and oxygen atoms in total. The van der Waals surface area contributed by atoms with Crippen LogP contribution >= 0.6 is 0 Å². The fraction of sp³-hybridized carbons (Fsp3) is 0.670. The molecule has 15 atom stereocenters. The Morgan fingerprint density at radius 2 is 0.757 bits per heavy atom. The number of benzene rings is 1. The second-order valence-corrected chi connectivity index (χ2v) is 38.1. The van der Waals surface area contributed by atoms with Gasteiger partial charge in [-0.2, -0.15) is 0 Å². The predicted molar refractivity (Wildman–Crippen MR) is 537 cm³/mol. The molecule has 0 aliphatic rings. The lowest BCUT2D eigenvalue weighted by Crippen LogP contribution is -2.50. The molecule has 4 aromatic rings. The number of imidazole rings is 3. The lowest BCUT2D eigenvalue weighted by Gasteiger charge is -2.27. The summed E-state index contributed by atoms with van der Waals surface area (Å²) in [6, 6.07) is -0.966. The minimum absolute atomic E-state index is 0.0170. The van der Waals surface area contributed by atoms with Gasteiger partial charge in [0.15, 0.2) is 58.4 Å². The number of guanidine groups is 3. The molecule has 0 bridgehead atoms. The van der Waals surface area contributed by atoms with E-state index in [1.165, 1.54) is 102 Å². The number of H-pyrrole nitrogens is 3. The monoisotopic (exact) mass is 1960 g/mol. The Balaban J connectivity index is 0.000000799. The van der Waals surface area contributed by atoms with Crippen LogP contribution in [0, 0.1) is 59.2 Å². The number of Topliss-reactive ketones (excluding diaryl/α,β-unsaturated/α-hetero) is 7. The number of nitrogens with two attached hydrogens (primary N) is 7. The van der Waals surface area contributed by atoms with E-state index in [-0.39, 0.29) is 187 Å². The van der Waals surface area contributed by atoms with E-state index in [2.05, 4.69) is 89.0 Å². The molecule has 8 amide bonds. The fourth-order valence-corrected chi connectivity index (χ4v) is 16.4. The third kappa shape index (κ3) is 50.6. The first-order valence-corrected chi connectivity index (χ1v) is 50.1. The van der Waals surface area contributed by atoms with E-state index < -0.39 is 168 Å². The number of aliphatic hydroxyl groups excluding tert-OH is 1. The van der Waals surface area contributed by atoms with Crippen LogP contribution in [0.2, 0.25) is 0 Å². The molecule has 4 rings (SSSR count). The molecule has 1 aromatic carbocycles. The van der Waals surface area contributed by atoms with Crippen LogP contribution < -0.4 is 77.4 Å². The molecule has 40 heteroatoms. The van der Waals surface area contributed by atoms with E-state index in [1.807, 2.05) is 34.6 Å². The largest absolute Gasteiger partial charge is 0.508 e. The highest BCUT2D eigenvalue weighted by molar-refractivity contribution is 6.00. The summed E-state index contributed by atoms with van der Waals surface area (Å²) in [7, 11) is 0. The molecule has 0 fully saturated rings. The number of aromatic nitrogens is 6. The molecule has 0 saturated carbocycles. The van der Waals surface area contributed by atoms with Crippen molar-refractivity contribution < 1.29 is 82.1 Å². The molecule has 0 spiro atoms. The highest BCUT2D eigenvalue weighted by atomic mass is 16.3. The molecule has 26 N–H and O–H groups in total. The Hall–Kier alpha value is -12.1. The zero-order valence-corrected chi connectivity index (χ0v) is 84.7. The minimum Gasteiger partial charge on any atom is -0.508 e. The van der Waals surface area contributed by atoms with E-state index >= 15 is 0 Å². The van der Waals surface area contributed by atoms with Gasteiger partial charge in [-0.1, -0.05) is 165 Å². The number of phenols is 1. The molecule has 0 aliphatic carbocycles. The number of hydrogen-bond donors (Lipinski definition) is 19. The Morgan fingerprint density at radius 3 is 1.21 bits per heavy atom. The number of aromatic hydroxyl groups is 1. The number of aromatic amines is 3. The number of aliphatic imine (C=N–C) groups is 3. The van der Waals surface area contributed by atoms with Gasteiger partial charge in [-0.05, 0) is 114 Å². The first-order valence-electron chi connectivity index (χ1n) is 50.1. The number of amides is 8. The highest BCUT2D eigenvalue weighted by Crippen LogP contribution is 2.27. The molecule has 0 aliphatic heterocycles. The number of nitrogens with one attached hydrogen (secondary N) is 10. The minimum atomic E-state index is -1.38. The average Bonchev–Trinajstić information content (AvgIpc) is 1.20. The van der Waals surface area contributed by atoms with Gasteiger partial charge in [-0.3, -0.25) is 86.9 Å². The van der Waals surface area contributed by atoms with Gasteiger partial charge in [0.2, 0.25) is 47.3 Å². The summed E-state index contributed by atoms with van der Waals surface area (Å²) in [4.78, 5) is 238. The Morgan fingerprint density at radius 1 is 0.371 bits per heavy atom. The summed E-state index contributed by atoms with van der Waals surface area (Å²) in [6.07, 6.45) is 25.9. The fourth-order valence-electron chi connectivity index (χ4n) is 16.4. The quantitative estimate of drug-likeness (QED) is 0.0126. The van der Waals surface area contributed by atoms with Gasteiger partial charge in [0, 0.05) is 156 Å². The normalized spacial score (nSPS) is 14.5. The lowest BCUT2D eigenvalue weighted by molar-refractivity contribution is -0.136. The van der Waals surface area contributed by atoms with Crippen LogP contribution in [0.3, 0.4) is 0 Å². The summed E-state index contributed by atoms with van der Waals surface area (Å²) in [6.45, 7) is 20.9. The third-order valence-corrected chi connectivity index (χ3v) is 24.9. The Kier molecular flexibility index (Phi) is 59.3. The van der Waals surface area contributed by atoms with Gasteiger partial charge in [0.25, 0.3) is 0 Å². The first kappa shape index (κ1) is 122. The Bertz CT molecular complexity index is 4510. The maximum atomic E-state index is 14.8. The van der Waals surface area contributed by atoms with Crippen molar-refractivity contribution in [3.05, 3.63) is 84.5 Å². The summed E-state index contributed by atoms with van der Waals surface area (Å²) in [5.74, 6) is -14.6. The standard InChI is InChI=1S/C59H98N16O11.C41H67N7O6/c1-8-35(6)43(52(60)82)29-51(81)47(31-76)75-55(85)39(22-33(2)3)27-50(80)46(23-34(4)5)74-54(84)38(12-9-19-68-57(61)62)26-48(78)45(14-11-21-70-59(65)66)73-56(86)40(25-41-30-67-32-71-41)28-49(79)44(13-10-20-69-58(63)64)72-53(83)36(7)24-37-15-17-42(77)18-16-37;1-6-8-9-10-11-12-13-14-15-16-17-18-19-20-39(52)48-35(24-34-26-43-28-45-34)38(51)21-29(3)40(53)46-31(5)37(50)23-32(22-33-25-42-27-44-33)41(54)47-30(4)36(49)7-2/h15-18,30,32-36,38-40,43-47,76-77H,8-14,19-29,31H2,1-7H3,(H2,60,82)(H,67,71)(H,72,83)(H,73,86)(H,74,84)(H,75,85)(H4,61,62,68)(H4,63,64,69)(H4,65,66,70);25-32,35H,6-24H2,1-5H3,(H,42,44)(H,43,45)(H,46,53)(H,47,54)(H,48,52)/t35-,36-,38+,39+,40+,43-,44-,45-,46-,47-;29-,30+,31+,32-,35+/m01/s1. The van der Waals surface area contributed by atoms with Crippen molar-refractivity contribution in [2.45, 2.75) is 344 Å². The van der Waals surface area contributed by atoms with Crippen molar-refractivity contribution in [3.63, 3.8) is 0 Å². The maximum absolute atomic E-state index is 14.8. The number of ketones is 7. The number of unbranched alkanes of at least 4 members (excludes halogenated alkanes) is 12. The zero-order valence-electron chi connectivity index (χ0n) is 84.7. The van der Waals surface area contributed by atoms with Gasteiger partial charge in [-0.15, -0.1) is 0 Å². The highest BCUT2D eigenvalue weighted by Gasteiger charge is 2.39. The van der Waals surface area contributed by atoms with Crippen LogP contribution in [0.25, 0.3) is 0 Å². The van der Waals surface area contributed by atoms with Crippen molar-refractivity contribution in [1.82, 2.24) is 67.1 Å². The van der Waals surface area contributed by atoms with Crippen LogP contribution in [0.5, 0.6) is 5.75 Å². The van der Waals surface area contributed by atoms with E-state index in [9.17, 15) is 82.1 Å². The molecule has 782 valence electrons. The molecule has 3 aromatic heterocycles. The van der Waals surface area contributed by atoms with Crippen molar-refractivity contribution in [3.8, 4) is 5.75 Å². The lowest BCUT2D eigenvalue weighted by atomic mass is 9.85. The Labute approximate surface area is 825 Å². The van der Waals surface area contributed by atoms with E-state index in [0.29, 0.717) is 36.3 Å². The third-order valence-electron chi connectivity index (χ3n) is 24.9. The summed E-state index contributed by atoms with van der Waals surface area (Å²) in [5.41, 5.74) is 41.8. The first-order chi connectivity index (χ1) is 66.5. The number of phenolic OH excluding ortho intramolecular Hbond substituents is 1. The van der Waals surface area contributed by atoms with Crippen LogP contribution in [-0.2, 0) is 97.6 Å².